The van der Waals surface area contributed by atoms with Crippen LogP contribution in [0.1, 0.15) is 0 Å². The third kappa shape index (κ3) is 9.28. The molecule has 0 aliphatic carbocycles. The molecule has 0 heterocycles. The maximum Gasteiger partial charge on any atom is 0.108 e. The van der Waals surface area contributed by atoms with E-state index in [4.69, 9.17) is 11.1 Å². The molecule has 0 amide bonds. The van der Waals surface area contributed by atoms with E-state index in [1.54, 1.807) is 0 Å². The summed E-state index contributed by atoms with van der Waals surface area (Å²) in [5.41, 5.74) is 4.70. The molecule has 0 aromatic rings. The molecule has 6 heavy (non-hydrogen) atoms. The van der Waals surface area contributed by atoms with Crippen LogP contribution in [0.4, 0.5) is 0 Å². The van der Waals surface area contributed by atoms with Crippen LogP contribution in [0.15, 0.2) is 4.99 Å². The first-order valence-electron chi connectivity index (χ1n) is 1.14. The molecule has 0 fully saturated rings. The average molecular weight is 78.0 g/mol. The van der Waals surface area contributed by atoms with Gasteiger partial charge in [-0.3, -0.25) is 5.41 Å². The summed E-state index contributed by atoms with van der Waals surface area (Å²) in [5.74, 6) is 0. The molecule has 0 aliphatic heterocycles. The molecule has 0 bridgehead atoms. The van der Waals surface area contributed by atoms with Crippen LogP contribution >= 0.6 is 0 Å². The molecule has 1 radical (unpaired) electrons. The van der Waals surface area contributed by atoms with Crippen molar-refractivity contribution in [2.75, 3.05) is 0 Å². The quantitative estimate of drug-likeness (QED) is 0.241. The van der Waals surface area contributed by atoms with Gasteiger partial charge in [0, 0.05) is 18.9 Å². The zero-order valence-corrected chi connectivity index (χ0v) is 3.68. The zero-order valence-electron chi connectivity index (χ0n) is 3.68. The maximum absolute atomic E-state index is 6.20. The number of hydrogen-bond donors (Lipinski definition) is 2. The van der Waals surface area contributed by atoms with Gasteiger partial charge in [-0.05, 0) is 0 Å². The molecule has 0 saturated heterocycles. The van der Waals surface area contributed by atoms with Crippen molar-refractivity contribution >= 4 is 31.5 Å². The van der Waals surface area contributed by atoms with Gasteiger partial charge >= 0.3 is 0 Å². The van der Waals surface area contributed by atoms with Gasteiger partial charge in [-0.2, -0.15) is 0 Å². The van der Waals surface area contributed by atoms with Crippen molar-refractivity contribution in [3.05, 3.63) is 0 Å². The first-order chi connectivity index (χ1) is 2.41. The van der Waals surface area contributed by atoms with E-state index in [0.717, 1.165) is 12.7 Å². The Morgan fingerprint density at radius 2 is 2.17 bits per heavy atom. The predicted octanol–water partition coefficient (Wildman–Crippen LogP) is -0.800. The van der Waals surface area contributed by atoms with Crippen LogP contribution in [0, 0.1) is 5.41 Å². The van der Waals surface area contributed by atoms with E-state index in [1.165, 1.54) is 0 Å². The summed E-state index contributed by atoms with van der Waals surface area (Å²) in [6, 6.07) is 0. The summed E-state index contributed by atoms with van der Waals surface area (Å²) in [7, 11) is 0. The molecular weight excluding hydrogens is 73.0 g/mol. The van der Waals surface area contributed by atoms with E-state index in [-0.39, 0.29) is 18.9 Å². The summed E-state index contributed by atoms with van der Waals surface area (Å²) in [6.45, 7) is 0. The molecule has 4 heteroatoms. The van der Waals surface area contributed by atoms with Crippen molar-refractivity contribution in [2.45, 2.75) is 0 Å². The second-order valence-electron chi connectivity index (χ2n) is 0.427. The summed E-state index contributed by atoms with van der Waals surface area (Å²) < 4.78 is 0. The standard InChI is InChI=1S/C2H5N3.Li/c3-1-5-2-4;/h1-2H,(H3,3,4,5);. The number of nitrogens with zero attached hydrogens (tertiary/aromatic N) is 1. The fourth-order valence-electron chi connectivity index (χ4n) is 0.0430. The smallest absolute Gasteiger partial charge is 0.108 e. The number of rotatable bonds is 1. The average Bonchev–Trinajstić information content (AvgIpc) is 1.41. The summed E-state index contributed by atoms with van der Waals surface area (Å²) >= 11 is 0. The molecule has 0 spiro atoms. The van der Waals surface area contributed by atoms with Crippen molar-refractivity contribution in [2.24, 2.45) is 10.7 Å². The van der Waals surface area contributed by atoms with Gasteiger partial charge in [0.05, 0.1) is 6.34 Å². The van der Waals surface area contributed by atoms with Crippen molar-refractivity contribution in [3.8, 4) is 0 Å². The van der Waals surface area contributed by atoms with Crippen molar-refractivity contribution in [1.82, 2.24) is 0 Å². The summed E-state index contributed by atoms with van der Waals surface area (Å²) in [5, 5.41) is 6.20. The van der Waals surface area contributed by atoms with Crippen LogP contribution < -0.4 is 5.73 Å². The van der Waals surface area contributed by atoms with E-state index in [2.05, 4.69) is 4.99 Å². The van der Waals surface area contributed by atoms with Crippen LogP contribution in [0.25, 0.3) is 0 Å². The Hall–Kier alpha value is -0.263. The van der Waals surface area contributed by atoms with Crippen molar-refractivity contribution in [3.63, 3.8) is 0 Å². The molecule has 0 aromatic heterocycles. The summed E-state index contributed by atoms with van der Waals surface area (Å²) in [6.07, 6.45) is 1.94. The van der Waals surface area contributed by atoms with Gasteiger partial charge in [0.1, 0.15) is 6.34 Å². The molecule has 0 rings (SSSR count). The number of aliphatic imine (C=N–C) groups is 1. The Kier molecular flexibility index (Phi) is 13.6. The normalized spacial score (nSPS) is 7.33. The van der Waals surface area contributed by atoms with Crippen LogP contribution in [0.5, 0.6) is 0 Å². The minimum absolute atomic E-state index is 0. The van der Waals surface area contributed by atoms with Crippen molar-refractivity contribution in [1.29, 1.82) is 5.41 Å². The van der Waals surface area contributed by atoms with Crippen LogP contribution in [-0.4, -0.2) is 31.5 Å². The molecule has 0 unspecified atom stereocenters. The van der Waals surface area contributed by atoms with Crippen LogP contribution in [0.3, 0.4) is 0 Å². The number of nitrogens with two attached hydrogens (primary N) is 1. The van der Waals surface area contributed by atoms with E-state index < -0.39 is 0 Å². The first-order valence-corrected chi connectivity index (χ1v) is 1.14. The monoisotopic (exact) mass is 78.1 g/mol. The molecule has 3 nitrogen and oxygen atoms in total. The molecule has 0 atom stereocenters. The minimum atomic E-state index is 0. The largest absolute Gasteiger partial charge is 0.390 e. The first kappa shape index (κ1) is 9.22. The Labute approximate surface area is 48.3 Å². The molecule has 0 aromatic carbocycles. The topological polar surface area (TPSA) is 62.2 Å². The number of hydrogen-bond acceptors (Lipinski definition) is 1. The molecular formula is C2H5LiN3. The van der Waals surface area contributed by atoms with Crippen LogP contribution in [-0.2, 0) is 0 Å². The van der Waals surface area contributed by atoms with E-state index in [0.29, 0.717) is 0 Å². The van der Waals surface area contributed by atoms with Gasteiger partial charge in [-0.25, -0.2) is 4.99 Å². The van der Waals surface area contributed by atoms with Crippen LogP contribution in [0.2, 0.25) is 0 Å². The SMILES string of the molecule is N=CN=CN.[Li]. The molecule has 3 N–H and O–H groups in total. The van der Waals surface area contributed by atoms with E-state index >= 15 is 0 Å². The fraction of sp³-hybridized carbons (Fsp3) is 0. The van der Waals surface area contributed by atoms with Gasteiger partial charge in [0.25, 0.3) is 0 Å². The molecule has 0 aliphatic rings. The Balaban J connectivity index is 0. The third-order valence-electron chi connectivity index (χ3n) is 0.161. The Morgan fingerprint density at radius 3 is 2.17 bits per heavy atom. The van der Waals surface area contributed by atoms with E-state index in [9.17, 15) is 0 Å². The minimum Gasteiger partial charge on any atom is -0.390 e. The summed E-state index contributed by atoms with van der Waals surface area (Å²) in [4.78, 5) is 3.17. The fourth-order valence-corrected chi connectivity index (χ4v) is 0.0430. The maximum atomic E-state index is 6.20. The van der Waals surface area contributed by atoms with Gasteiger partial charge in [0.15, 0.2) is 0 Å². The van der Waals surface area contributed by atoms with Gasteiger partial charge in [0.2, 0.25) is 0 Å². The second kappa shape index (κ2) is 8.83. The van der Waals surface area contributed by atoms with E-state index in [1.807, 2.05) is 0 Å². The second-order valence-corrected chi connectivity index (χ2v) is 0.427. The Bertz CT molecular complexity index is 50.8. The third-order valence-corrected chi connectivity index (χ3v) is 0.161. The van der Waals surface area contributed by atoms with Gasteiger partial charge in [-0.15, -0.1) is 0 Å². The molecule has 29 valence electrons. The van der Waals surface area contributed by atoms with Gasteiger partial charge in [-0.1, -0.05) is 0 Å². The molecule has 0 saturated carbocycles. The Morgan fingerprint density at radius 1 is 1.67 bits per heavy atom. The van der Waals surface area contributed by atoms with Gasteiger partial charge < -0.3 is 5.73 Å². The predicted molar refractivity (Wildman–Crippen MR) is 27.2 cm³/mol. The van der Waals surface area contributed by atoms with Crippen molar-refractivity contribution < 1.29 is 0 Å². The zero-order chi connectivity index (χ0) is 4.12. The number of nitrogens with one attached hydrogen (secondary N) is 1.